The van der Waals surface area contributed by atoms with Gasteiger partial charge in [0, 0.05) is 68.0 Å². The average Bonchev–Trinajstić information content (AvgIpc) is 3.57. The highest BCUT2D eigenvalue weighted by molar-refractivity contribution is 5.82. The Bertz CT molecular complexity index is 1390. The lowest BCUT2D eigenvalue weighted by Crippen LogP contribution is -2.31. The molecule has 36 heavy (non-hydrogen) atoms. The maximum absolute atomic E-state index is 9.31. The highest BCUT2D eigenvalue weighted by Crippen LogP contribution is 2.34. The van der Waals surface area contributed by atoms with Crippen LogP contribution in [0.3, 0.4) is 0 Å². The molecule has 184 valence electrons. The summed E-state index contributed by atoms with van der Waals surface area (Å²) in [7, 11) is 5.19. The van der Waals surface area contributed by atoms with Crippen LogP contribution in [0.15, 0.2) is 55.0 Å². The second-order valence-electron chi connectivity index (χ2n) is 8.97. The summed E-state index contributed by atoms with van der Waals surface area (Å²) in [6.07, 6.45) is 6.42. The van der Waals surface area contributed by atoms with Crippen molar-refractivity contribution < 1.29 is 9.47 Å². The van der Waals surface area contributed by atoms with E-state index >= 15 is 0 Å². The van der Waals surface area contributed by atoms with Crippen molar-refractivity contribution in [1.82, 2.24) is 24.6 Å². The van der Waals surface area contributed by atoms with Gasteiger partial charge in [-0.1, -0.05) is 0 Å². The van der Waals surface area contributed by atoms with E-state index in [-0.39, 0.29) is 5.92 Å². The molecule has 9 nitrogen and oxygen atoms in total. The van der Waals surface area contributed by atoms with Crippen molar-refractivity contribution in [2.45, 2.75) is 6.42 Å². The van der Waals surface area contributed by atoms with E-state index in [1.165, 1.54) is 0 Å². The molecule has 3 heterocycles. The Morgan fingerprint density at radius 3 is 2.53 bits per heavy atom. The molecule has 0 saturated carbocycles. The molecule has 1 aliphatic heterocycles. The molecule has 0 radical (unpaired) electrons. The van der Waals surface area contributed by atoms with E-state index in [1.54, 1.807) is 31.3 Å². The first-order valence-corrected chi connectivity index (χ1v) is 11.9. The van der Waals surface area contributed by atoms with Gasteiger partial charge in [-0.15, -0.1) is 0 Å². The molecule has 0 bridgehead atoms. The number of hydrogen-bond donors (Lipinski definition) is 0. The van der Waals surface area contributed by atoms with Crippen LogP contribution < -0.4 is 14.4 Å². The summed E-state index contributed by atoms with van der Waals surface area (Å²) >= 11 is 0. The number of hydrogen-bond acceptors (Lipinski definition) is 8. The predicted octanol–water partition coefficient (Wildman–Crippen LogP) is 4.03. The number of benzene rings is 2. The molecule has 5 rings (SSSR count). The summed E-state index contributed by atoms with van der Waals surface area (Å²) in [6.45, 7) is 3.31. The van der Waals surface area contributed by atoms with Crippen LogP contribution in [0.4, 0.5) is 11.4 Å². The number of methoxy groups -OCH3 is 2. The molecule has 0 amide bonds. The third kappa shape index (κ3) is 4.95. The molecule has 1 fully saturated rings. The number of anilines is 2. The zero-order chi connectivity index (χ0) is 25.1. The van der Waals surface area contributed by atoms with E-state index in [4.69, 9.17) is 14.5 Å². The van der Waals surface area contributed by atoms with Crippen LogP contribution in [-0.4, -0.2) is 65.0 Å². The maximum atomic E-state index is 9.31. The van der Waals surface area contributed by atoms with Crippen LogP contribution in [-0.2, 0) is 7.05 Å². The van der Waals surface area contributed by atoms with E-state index in [0.717, 1.165) is 77.8 Å². The standard InChI is InChI=1S/C27H29N7O2/c1-32-18-20(15-30-32)27-16-29-25-5-4-21(12-26(25)31-27)34(9-8-33-7-6-19(14-28)17-33)22-10-23(35-2)13-24(11-22)36-3/h4-5,10-13,15-16,18-19H,6-9,17H2,1-3H3/t19-/m1/s1. The largest absolute Gasteiger partial charge is 0.497 e. The first kappa shape index (κ1) is 23.6. The van der Waals surface area contributed by atoms with Gasteiger partial charge in [-0.25, -0.2) is 4.98 Å². The number of aryl methyl sites for hydroxylation is 1. The van der Waals surface area contributed by atoms with E-state index in [2.05, 4.69) is 38.1 Å². The molecule has 4 aromatic rings. The Kier molecular flexibility index (Phi) is 6.69. The fraction of sp³-hybridized carbons (Fsp3) is 0.333. The van der Waals surface area contributed by atoms with E-state index in [9.17, 15) is 5.26 Å². The monoisotopic (exact) mass is 483 g/mol. The molecule has 9 heteroatoms. The lowest BCUT2D eigenvalue weighted by molar-refractivity contribution is 0.341. The number of aromatic nitrogens is 4. The SMILES string of the molecule is COc1cc(OC)cc(N(CCN2CC[C@H](C#N)C2)c2ccc3ncc(-c4cnn(C)c4)nc3c2)c1. The van der Waals surface area contributed by atoms with Crippen LogP contribution in [0, 0.1) is 17.2 Å². The first-order valence-electron chi connectivity index (χ1n) is 11.9. The number of nitriles is 1. The number of likely N-dealkylation sites (tertiary alicyclic amines) is 1. The first-order chi connectivity index (χ1) is 17.6. The van der Waals surface area contributed by atoms with Crippen LogP contribution in [0.25, 0.3) is 22.3 Å². The highest BCUT2D eigenvalue weighted by Gasteiger charge is 2.23. The minimum Gasteiger partial charge on any atom is -0.497 e. The van der Waals surface area contributed by atoms with Crippen molar-refractivity contribution in [3.05, 3.63) is 55.0 Å². The minimum absolute atomic E-state index is 0.109. The minimum atomic E-state index is 0.109. The van der Waals surface area contributed by atoms with E-state index < -0.39 is 0 Å². The van der Waals surface area contributed by atoms with Gasteiger partial charge in [0.05, 0.1) is 55.3 Å². The zero-order valence-corrected chi connectivity index (χ0v) is 20.8. The zero-order valence-electron chi connectivity index (χ0n) is 20.8. The third-order valence-electron chi connectivity index (χ3n) is 6.58. The molecule has 1 atom stereocenters. The van der Waals surface area contributed by atoms with Gasteiger partial charge in [-0.05, 0) is 31.2 Å². The number of ether oxygens (including phenoxy) is 2. The summed E-state index contributed by atoms with van der Waals surface area (Å²) in [4.78, 5) is 14.1. The average molecular weight is 484 g/mol. The molecule has 0 unspecified atom stereocenters. The third-order valence-corrected chi connectivity index (χ3v) is 6.58. The van der Waals surface area contributed by atoms with Crippen LogP contribution >= 0.6 is 0 Å². The van der Waals surface area contributed by atoms with Gasteiger partial charge in [0.15, 0.2) is 0 Å². The van der Waals surface area contributed by atoms with Crippen molar-refractivity contribution in [3.63, 3.8) is 0 Å². The Hall–Kier alpha value is -4.16. The molecule has 2 aromatic heterocycles. The fourth-order valence-electron chi connectivity index (χ4n) is 4.60. The van der Waals surface area contributed by atoms with Gasteiger partial charge in [0.2, 0.25) is 0 Å². The summed E-state index contributed by atoms with van der Waals surface area (Å²) in [5, 5.41) is 13.6. The van der Waals surface area contributed by atoms with Gasteiger partial charge < -0.3 is 19.3 Å². The number of rotatable bonds is 8. The van der Waals surface area contributed by atoms with Gasteiger partial charge >= 0.3 is 0 Å². The quantitative estimate of drug-likeness (QED) is 0.371. The Morgan fingerprint density at radius 1 is 1.06 bits per heavy atom. The molecule has 0 aliphatic carbocycles. The van der Waals surface area contributed by atoms with E-state index in [0.29, 0.717) is 0 Å². The lowest BCUT2D eigenvalue weighted by atomic mass is 10.1. The van der Waals surface area contributed by atoms with Crippen molar-refractivity contribution >= 4 is 22.4 Å². The second-order valence-corrected chi connectivity index (χ2v) is 8.97. The van der Waals surface area contributed by atoms with Crippen LogP contribution in [0.1, 0.15) is 6.42 Å². The van der Waals surface area contributed by atoms with Gasteiger partial charge in [0.25, 0.3) is 0 Å². The molecule has 1 saturated heterocycles. The molecular weight excluding hydrogens is 454 g/mol. The molecule has 1 aliphatic rings. The Labute approximate surface area is 210 Å². The molecule has 0 N–H and O–H groups in total. The summed E-state index contributed by atoms with van der Waals surface area (Å²) in [5.74, 6) is 1.55. The van der Waals surface area contributed by atoms with Crippen molar-refractivity contribution in [2.75, 3.05) is 45.3 Å². The highest BCUT2D eigenvalue weighted by atomic mass is 16.5. The Balaban J connectivity index is 1.52. The summed E-state index contributed by atoms with van der Waals surface area (Å²) < 4.78 is 12.8. The van der Waals surface area contributed by atoms with Crippen molar-refractivity contribution in [2.24, 2.45) is 13.0 Å². The topological polar surface area (TPSA) is 92.3 Å². The molecule has 0 spiro atoms. The smallest absolute Gasteiger partial charge is 0.124 e. The van der Waals surface area contributed by atoms with E-state index in [1.807, 2.05) is 37.5 Å². The lowest BCUT2D eigenvalue weighted by Gasteiger charge is -2.28. The number of fused-ring (bicyclic) bond motifs is 1. The van der Waals surface area contributed by atoms with Gasteiger partial charge in [-0.2, -0.15) is 10.4 Å². The summed E-state index contributed by atoms with van der Waals surface area (Å²) in [6, 6.07) is 14.4. The fourth-order valence-corrected chi connectivity index (χ4v) is 4.60. The van der Waals surface area contributed by atoms with Crippen molar-refractivity contribution in [1.29, 1.82) is 5.26 Å². The van der Waals surface area contributed by atoms with Crippen LogP contribution in [0.5, 0.6) is 11.5 Å². The van der Waals surface area contributed by atoms with Crippen molar-refractivity contribution in [3.8, 4) is 28.8 Å². The summed E-state index contributed by atoms with van der Waals surface area (Å²) in [5.41, 5.74) is 5.28. The molecule has 2 aromatic carbocycles. The second kappa shape index (κ2) is 10.2. The van der Waals surface area contributed by atoms with Crippen LogP contribution in [0.2, 0.25) is 0 Å². The predicted molar refractivity (Wildman–Crippen MR) is 138 cm³/mol. The van der Waals surface area contributed by atoms with Gasteiger partial charge in [0.1, 0.15) is 11.5 Å². The normalized spacial score (nSPS) is 15.7. The Morgan fingerprint density at radius 2 is 1.86 bits per heavy atom. The maximum Gasteiger partial charge on any atom is 0.124 e. The van der Waals surface area contributed by atoms with Gasteiger partial charge in [-0.3, -0.25) is 9.67 Å². The molecular formula is C27H29N7O2. The number of nitrogens with zero attached hydrogens (tertiary/aromatic N) is 7.